The third-order valence-corrected chi connectivity index (χ3v) is 8.50. The third-order valence-electron chi connectivity index (χ3n) is 6.61. The van der Waals surface area contributed by atoms with Crippen molar-refractivity contribution in [3.05, 3.63) is 59.9 Å². The van der Waals surface area contributed by atoms with E-state index in [1.54, 1.807) is 23.7 Å². The monoisotopic (exact) mass is 486 g/mol. The fourth-order valence-electron chi connectivity index (χ4n) is 4.54. The zero-order valence-electron chi connectivity index (χ0n) is 19.4. The van der Waals surface area contributed by atoms with Crippen molar-refractivity contribution >= 4 is 41.1 Å². The Hall–Kier alpha value is -1.96. The maximum atomic E-state index is 14.1. The third kappa shape index (κ3) is 5.10. The first kappa shape index (κ1) is 24.2. The molecule has 0 radical (unpaired) electrons. The van der Waals surface area contributed by atoms with Crippen LogP contribution >= 0.6 is 23.7 Å². The van der Waals surface area contributed by atoms with E-state index in [1.807, 2.05) is 12.3 Å². The van der Waals surface area contributed by atoms with Gasteiger partial charge >= 0.3 is 5.97 Å². The molecule has 4 rings (SSSR count). The minimum Gasteiger partial charge on any atom is -0.476 e. The molecule has 2 aromatic rings. The molecule has 0 amide bonds. The van der Waals surface area contributed by atoms with Gasteiger partial charge in [-0.2, -0.15) is 4.39 Å². The van der Waals surface area contributed by atoms with Crippen molar-refractivity contribution in [2.75, 3.05) is 24.7 Å². The van der Waals surface area contributed by atoms with Gasteiger partial charge in [-0.1, -0.05) is 38.0 Å². The lowest BCUT2D eigenvalue weighted by Gasteiger charge is -2.30. The van der Waals surface area contributed by atoms with Crippen molar-refractivity contribution in [1.29, 1.82) is 0 Å². The van der Waals surface area contributed by atoms with Gasteiger partial charge in [-0.25, -0.2) is 9.10 Å². The first-order valence-corrected chi connectivity index (χ1v) is 13.5. The van der Waals surface area contributed by atoms with Crippen LogP contribution in [-0.2, 0) is 10.2 Å². The largest absolute Gasteiger partial charge is 0.476 e. The van der Waals surface area contributed by atoms with Gasteiger partial charge in [0, 0.05) is 33.5 Å². The molecular weight excluding hydrogens is 455 g/mol. The summed E-state index contributed by atoms with van der Waals surface area (Å²) in [6.07, 6.45) is 8.35. The van der Waals surface area contributed by atoms with Crippen molar-refractivity contribution < 1.29 is 14.3 Å². The van der Waals surface area contributed by atoms with E-state index in [9.17, 15) is 9.18 Å². The lowest BCUT2D eigenvalue weighted by atomic mass is 9.94. The van der Waals surface area contributed by atoms with Crippen LogP contribution in [0.1, 0.15) is 44.6 Å². The molecule has 1 saturated carbocycles. The number of fused-ring (bicyclic) bond motifs is 1. The summed E-state index contributed by atoms with van der Waals surface area (Å²) in [5.41, 5.74) is 2.82. The molecule has 33 heavy (non-hydrogen) atoms. The van der Waals surface area contributed by atoms with Crippen LogP contribution in [0.4, 0.5) is 15.8 Å². The highest BCUT2D eigenvalue weighted by atomic mass is 32.2. The molecule has 2 aliphatic rings. The molecule has 1 N–H and O–H groups in total. The fourth-order valence-corrected chi connectivity index (χ4v) is 6.32. The van der Waals surface area contributed by atoms with Gasteiger partial charge in [-0.05, 0) is 80.4 Å². The van der Waals surface area contributed by atoms with Crippen LogP contribution in [0.25, 0.3) is 0 Å². The smallest absolute Gasteiger partial charge is 0.364 e. The number of thioether (sulfide) groups is 1. The Kier molecular flexibility index (Phi) is 7.41. The van der Waals surface area contributed by atoms with Gasteiger partial charge < -0.3 is 10.0 Å². The molecule has 176 valence electrons. The molecule has 7 heteroatoms. The topological polar surface area (TPSA) is 43.8 Å². The van der Waals surface area contributed by atoms with Gasteiger partial charge in [-0.15, -0.1) is 11.8 Å². The number of nitrogens with zero attached hydrogens (tertiary/aromatic N) is 2. The van der Waals surface area contributed by atoms with E-state index in [1.165, 1.54) is 12.5 Å². The average Bonchev–Trinajstić information content (AvgIpc) is 3.61. The SMILES string of the molecule is CCCCC1CN(c2ccccc2)c2cc(SC)c(C3(/C=C(/F)C(=O)O)CC3)cc2SN1C. The van der Waals surface area contributed by atoms with Crippen LogP contribution < -0.4 is 4.90 Å². The Morgan fingerprint density at radius 1 is 1.30 bits per heavy atom. The number of likely N-dealkylation sites (N-methyl/N-ethyl adjacent to an activating group) is 1. The highest BCUT2D eigenvalue weighted by molar-refractivity contribution is 7.98. The molecule has 1 heterocycles. The van der Waals surface area contributed by atoms with Crippen LogP contribution in [0.15, 0.2) is 64.2 Å². The zero-order chi connectivity index (χ0) is 23.6. The van der Waals surface area contributed by atoms with Gasteiger partial charge in [0.15, 0.2) is 0 Å². The van der Waals surface area contributed by atoms with Crippen molar-refractivity contribution in [3.63, 3.8) is 0 Å². The van der Waals surface area contributed by atoms with E-state index in [0.717, 1.165) is 59.0 Å². The number of carboxylic acid groups (broad SMARTS) is 1. The summed E-state index contributed by atoms with van der Waals surface area (Å²) in [6, 6.07) is 15.3. The minimum absolute atomic E-state index is 0.392. The van der Waals surface area contributed by atoms with E-state index in [0.29, 0.717) is 6.04 Å². The van der Waals surface area contributed by atoms with E-state index < -0.39 is 17.2 Å². The van der Waals surface area contributed by atoms with E-state index in [2.05, 4.69) is 59.6 Å². The number of hydrogen-bond donors (Lipinski definition) is 1. The van der Waals surface area contributed by atoms with Crippen molar-refractivity contribution in [3.8, 4) is 0 Å². The Labute approximate surface area is 204 Å². The predicted octanol–water partition coefficient (Wildman–Crippen LogP) is 7.03. The molecular formula is C26H31FN2O2S2. The number of rotatable bonds is 8. The van der Waals surface area contributed by atoms with Crippen LogP contribution in [0.3, 0.4) is 0 Å². The highest BCUT2D eigenvalue weighted by Gasteiger charge is 2.45. The summed E-state index contributed by atoms with van der Waals surface area (Å²) in [6.45, 7) is 3.12. The van der Waals surface area contributed by atoms with Crippen molar-refractivity contribution in [2.45, 2.75) is 60.3 Å². The maximum absolute atomic E-state index is 14.1. The summed E-state index contributed by atoms with van der Waals surface area (Å²) < 4.78 is 16.5. The molecule has 2 aromatic carbocycles. The molecule has 1 fully saturated rings. The maximum Gasteiger partial charge on any atom is 0.364 e. The van der Waals surface area contributed by atoms with E-state index in [-0.39, 0.29) is 0 Å². The van der Waals surface area contributed by atoms with Crippen molar-refractivity contribution in [2.24, 2.45) is 0 Å². The Morgan fingerprint density at radius 2 is 2.03 bits per heavy atom. The second kappa shape index (κ2) is 10.1. The molecule has 1 unspecified atom stereocenters. The summed E-state index contributed by atoms with van der Waals surface area (Å²) >= 11 is 3.39. The Balaban J connectivity index is 1.82. The summed E-state index contributed by atoms with van der Waals surface area (Å²) in [5.74, 6) is -2.56. The fraction of sp³-hybridized carbons (Fsp3) is 0.423. The normalized spacial score (nSPS) is 20.3. The number of allylic oxidation sites excluding steroid dienone is 1. The molecule has 1 aliphatic carbocycles. The molecule has 1 atom stereocenters. The summed E-state index contributed by atoms with van der Waals surface area (Å²) in [7, 11) is 2.16. The first-order valence-electron chi connectivity index (χ1n) is 11.5. The lowest BCUT2D eigenvalue weighted by molar-refractivity contribution is -0.134. The molecule has 0 bridgehead atoms. The summed E-state index contributed by atoms with van der Waals surface area (Å²) in [5, 5.41) is 9.11. The number of halogens is 1. The first-order chi connectivity index (χ1) is 15.9. The molecule has 1 aliphatic heterocycles. The number of benzene rings is 2. The van der Waals surface area contributed by atoms with E-state index >= 15 is 0 Å². The van der Waals surface area contributed by atoms with Crippen LogP contribution in [0.5, 0.6) is 0 Å². The number of aliphatic carboxylic acids is 1. The van der Waals surface area contributed by atoms with Gasteiger partial charge in [0.2, 0.25) is 5.83 Å². The van der Waals surface area contributed by atoms with Crippen LogP contribution in [0.2, 0.25) is 0 Å². The quantitative estimate of drug-likeness (QED) is 0.246. The zero-order valence-corrected chi connectivity index (χ0v) is 21.0. The van der Waals surface area contributed by atoms with Crippen LogP contribution in [-0.4, -0.2) is 41.3 Å². The number of hydrogen-bond acceptors (Lipinski definition) is 5. The van der Waals surface area contributed by atoms with Crippen LogP contribution in [0, 0.1) is 0 Å². The van der Waals surface area contributed by atoms with Crippen molar-refractivity contribution in [1.82, 2.24) is 4.31 Å². The van der Waals surface area contributed by atoms with Gasteiger partial charge in [-0.3, -0.25) is 0 Å². The molecule has 0 aromatic heterocycles. The Bertz CT molecular complexity index is 1040. The minimum atomic E-state index is -1.50. The number of anilines is 2. The second-order valence-corrected chi connectivity index (χ2v) is 10.9. The van der Waals surface area contributed by atoms with Gasteiger partial charge in [0.25, 0.3) is 0 Å². The number of carbonyl (C=O) groups is 1. The predicted molar refractivity (Wildman–Crippen MR) is 136 cm³/mol. The van der Waals surface area contributed by atoms with Gasteiger partial charge in [0.1, 0.15) is 0 Å². The Morgan fingerprint density at radius 3 is 2.64 bits per heavy atom. The van der Waals surface area contributed by atoms with Gasteiger partial charge in [0.05, 0.1) is 5.69 Å². The number of para-hydroxylation sites is 1. The van der Waals surface area contributed by atoms with E-state index in [4.69, 9.17) is 5.11 Å². The second-order valence-electron chi connectivity index (χ2n) is 8.85. The molecule has 4 nitrogen and oxygen atoms in total. The lowest BCUT2D eigenvalue weighted by Crippen LogP contribution is -2.35. The highest BCUT2D eigenvalue weighted by Crippen LogP contribution is 2.55. The standard InChI is InChI=1S/C26H31FN2O2S2/c1-4-5-9-19-17-29(18-10-7-6-8-11-18)22-15-23(32-3)20(14-24(22)33-28(19)2)26(12-13-26)16-21(27)25(30)31/h6-8,10-11,14-16,19H,4-5,9,12-13,17H2,1-3H3,(H,30,31)/b21-16+. The number of carboxylic acids is 1. The molecule has 0 saturated heterocycles. The summed E-state index contributed by atoms with van der Waals surface area (Å²) in [4.78, 5) is 15.8. The number of unbranched alkanes of at least 4 members (excludes halogenated alkanes) is 1. The molecule has 0 spiro atoms. The average molecular weight is 487 g/mol.